The average molecular weight is 2250 g/mol. The van der Waals surface area contributed by atoms with Gasteiger partial charge in [-0.15, -0.1) is 190 Å². The van der Waals surface area contributed by atoms with Crippen LogP contribution in [0.3, 0.4) is 0 Å². The molecular weight excluding hydrogens is 2180 g/mol. The van der Waals surface area contributed by atoms with Crippen molar-refractivity contribution in [3.63, 3.8) is 0 Å². The van der Waals surface area contributed by atoms with E-state index in [1.165, 1.54) is 50.6 Å². The average Bonchev–Trinajstić information content (AvgIpc) is 0.978. The third-order valence-electron chi connectivity index (χ3n) is 12.2. The molecular formula is C79H68ClIr5N9O5S-6. The number of ketones is 2. The number of ether oxygens (including phenoxy) is 1. The zero-order valence-electron chi connectivity index (χ0n) is 55.1. The zero-order chi connectivity index (χ0) is 67.8. The second-order valence-electron chi connectivity index (χ2n) is 19.9. The van der Waals surface area contributed by atoms with Crippen LogP contribution in [0.25, 0.3) is 77.6 Å². The van der Waals surface area contributed by atoms with Gasteiger partial charge in [0.05, 0.1) is 18.6 Å². The molecule has 0 amide bonds. The topological polar surface area (TPSA) is 190 Å². The maximum absolute atomic E-state index is 10.0. The number of thiophene rings is 1. The maximum Gasteiger partial charge on any atom is 0.155 e. The van der Waals surface area contributed by atoms with E-state index in [1.807, 2.05) is 214 Å². The van der Waals surface area contributed by atoms with Gasteiger partial charge < -0.3 is 44.8 Å². The molecule has 0 unspecified atom stereocenters. The first kappa shape index (κ1) is 89.6. The molecule has 0 aliphatic rings. The van der Waals surface area contributed by atoms with Crippen LogP contribution in [0.1, 0.15) is 27.7 Å². The Morgan fingerprint density at radius 2 is 0.900 bits per heavy atom. The molecule has 7 aromatic heterocycles. The van der Waals surface area contributed by atoms with Gasteiger partial charge in [-0.1, -0.05) is 71.1 Å². The number of carbonyl (C=O) groups excluding carboxylic acids is 2. The quantitative estimate of drug-likeness (QED) is 0.0747. The van der Waals surface area contributed by atoms with E-state index in [0.717, 1.165) is 78.3 Å². The van der Waals surface area contributed by atoms with Crippen molar-refractivity contribution in [1.29, 1.82) is 0 Å². The molecule has 13 aromatic rings. The molecule has 7 heterocycles. The van der Waals surface area contributed by atoms with Crippen LogP contribution in [0, 0.1) is 36.4 Å². The fraction of sp³-hybridized carbons (Fsp3) is 0.0886. The Bertz CT molecular complexity index is 4310. The van der Waals surface area contributed by atoms with Crippen molar-refractivity contribution in [2.45, 2.75) is 27.7 Å². The molecule has 14 nitrogen and oxygen atoms in total. The minimum Gasteiger partial charge on any atom is -0.512 e. The number of carbonyl (C=O) groups is 2. The van der Waals surface area contributed by atoms with Crippen LogP contribution >= 0.6 is 22.9 Å². The van der Waals surface area contributed by atoms with E-state index in [2.05, 4.69) is 106 Å². The molecule has 0 saturated carbocycles. The fourth-order valence-corrected chi connectivity index (χ4v) is 8.63. The largest absolute Gasteiger partial charge is 0.512 e. The van der Waals surface area contributed by atoms with Gasteiger partial charge in [0.1, 0.15) is 10.9 Å². The molecule has 6 aromatic carbocycles. The Kier molecular flexibility index (Phi) is 46.3. The Balaban J connectivity index is 0.000000575. The van der Waals surface area contributed by atoms with Gasteiger partial charge in [0.2, 0.25) is 0 Å². The van der Waals surface area contributed by atoms with E-state index < -0.39 is 0 Å². The molecule has 0 aliphatic carbocycles. The van der Waals surface area contributed by atoms with Crippen molar-refractivity contribution in [1.82, 2.24) is 40.1 Å². The molecule has 100 heavy (non-hydrogen) atoms. The van der Waals surface area contributed by atoms with Gasteiger partial charge >= 0.3 is 0 Å². The smallest absolute Gasteiger partial charge is 0.155 e. The van der Waals surface area contributed by atoms with Crippen LogP contribution in [0.5, 0.6) is 5.75 Å². The fourth-order valence-electron chi connectivity index (χ4n) is 7.89. The van der Waals surface area contributed by atoms with Crippen LogP contribution in [0.4, 0.5) is 5.69 Å². The number of benzene rings is 6. The van der Waals surface area contributed by atoms with Gasteiger partial charge in [0.25, 0.3) is 0 Å². The van der Waals surface area contributed by atoms with Crippen LogP contribution in [0.2, 0.25) is 5.15 Å². The summed E-state index contributed by atoms with van der Waals surface area (Å²) in [6, 6.07) is 87.1. The summed E-state index contributed by atoms with van der Waals surface area (Å²) in [6.07, 6.45) is 14.7. The number of fused-ring (bicyclic) bond motifs is 1. The van der Waals surface area contributed by atoms with E-state index in [0.29, 0.717) is 5.15 Å². The molecule has 0 bridgehead atoms. The van der Waals surface area contributed by atoms with Crippen molar-refractivity contribution in [2.75, 3.05) is 26.1 Å². The normalized spacial score (nSPS) is 9.68. The number of aromatic nitrogens is 8. The molecule has 0 spiro atoms. The first-order valence-electron chi connectivity index (χ1n) is 29.4. The van der Waals surface area contributed by atoms with E-state index in [4.69, 9.17) is 26.6 Å². The molecule has 523 valence electrons. The molecule has 13 rings (SSSR count). The third-order valence-corrected chi connectivity index (χ3v) is 13.2. The van der Waals surface area contributed by atoms with Crippen LogP contribution < -0.4 is 9.64 Å². The number of halogens is 1. The summed E-state index contributed by atoms with van der Waals surface area (Å²) in [4.78, 5) is 48.5. The first-order valence-corrected chi connectivity index (χ1v) is 30.6. The number of hydrogen-bond acceptors (Lipinski definition) is 15. The van der Waals surface area contributed by atoms with Crippen molar-refractivity contribution < 1.29 is 125 Å². The molecule has 0 aliphatic heterocycles. The summed E-state index contributed by atoms with van der Waals surface area (Å²) in [5.74, 6) is 0.687. The zero-order valence-corrected chi connectivity index (χ0v) is 68.6. The molecule has 5 radical (unpaired) electrons. The van der Waals surface area contributed by atoms with Gasteiger partial charge in [-0.2, -0.15) is 17.2 Å². The summed E-state index contributed by atoms with van der Waals surface area (Å²) in [7, 11) is 5.69. The van der Waals surface area contributed by atoms with Crippen molar-refractivity contribution >= 4 is 51.0 Å². The first-order chi connectivity index (χ1) is 46.1. The standard InChI is InChI=1S/C15H10N.C13H13N2.C12H10NO.C11H8N.C10H6ClN2.C8H5N2S.2C5H8O2.5Ir/c1-2-6-12(7-3-1)15-10-13-8-4-5-9-14(13)11-16-15;1-15(2)12-8-9-14-13(10-12)11-6-4-3-5-7-11;1-14-11-7-8-13-12(9-11)10-5-3-2-4-6-10;1-2-6-10(7-3-1)11-8-4-5-9-12-11;11-10-7-6-9(12-13-10)8-4-2-1-3-5-8;1-2-8(11-5-1)7-6-9-3-4-10-7;2*1-4(6)3-5(2)7;;;;;/h1-6,8-11H;3-6,8-10H,1-2H3;2-5,7-9H,1H3;1-6,8-9H;1-4,6-7H;1,3-6H;2*3,6H,1-2H3;;;;;/q6*-1;;;;;;;. The van der Waals surface area contributed by atoms with Crippen LogP contribution in [-0.4, -0.2) is 83.1 Å². The Hall–Kier alpha value is -8.40. The van der Waals surface area contributed by atoms with Gasteiger partial charge in [0, 0.05) is 175 Å². The minimum absolute atomic E-state index is 0. The second-order valence-corrected chi connectivity index (χ2v) is 21.2. The van der Waals surface area contributed by atoms with E-state index in [1.54, 1.807) is 55.5 Å². The van der Waals surface area contributed by atoms with Gasteiger partial charge in [0.15, 0.2) is 11.6 Å². The Morgan fingerprint density at radius 3 is 1.31 bits per heavy atom. The van der Waals surface area contributed by atoms with Crippen molar-refractivity contribution in [2.24, 2.45) is 0 Å². The molecule has 0 atom stereocenters. The Morgan fingerprint density at radius 1 is 0.440 bits per heavy atom. The summed E-state index contributed by atoms with van der Waals surface area (Å²) in [6.45, 7) is 5.70. The van der Waals surface area contributed by atoms with E-state index in [-0.39, 0.29) is 124 Å². The number of methoxy groups -OCH3 is 1. The number of rotatable bonds is 10. The monoisotopic (exact) mass is 2250 g/mol. The maximum atomic E-state index is 10.0. The number of allylic oxidation sites excluding steroid dienone is 4. The number of nitrogens with zero attached hydrogens (tertiary/aromatic N) is 9. The van der Waals surface area contributed by atoms with Crippen LogP contribution in [0.15, 0.2) is 285 Å². The SMILES string of the molecule is CC(=O)C=C(C)O.CC(=O)C=C(C)O.CN(C)c1ccnc(-c2[c-]cccc2)c1.COc1ccnc(-c2[c-]cccc2)c1.Clc1ccc(-c2[c-]cccc2)nn1.[Ir].[Ir].[Ir].[Ir].[Ir].[c-]1ccccc1-c1cc2ccccc2cn1.[c-]1ccccc1-c1ccccn1.[c-]1ccsc1-c1cnccn1. The number of hydrogen-bond donors (Lipinski definition) is 2. The third kappa shape index (κ3) is 34.6. The molecule has 0 fully saturated rings. The van der Waals surface area contributed by atoms with Gasteiger partial charge in [-0.05, 0) is 103 Å². The number of anilines is 1. The summed E-state index contributed by atoms with van der Waals surface area (Å²) < 4.78 is 5.12. The van der Waals surface area contributed by atoms with Crippen molar-refractivity contribution in [3.8, 4) is 72.6 Å². The molecule has 21 heteroatoms. The van der Waals surface area contributed by atoms with Gasteiger partial charge in [-0.25, -0.2) is 11.3 Å². The molecule has 0 saturated heterocycles. The number of aliphatic hydroxyl groups excluding tert-OH is 2. The summed E-state index contributed by atoms with van der Waals surface area (Å²) in [5, 5.41) is 29.2. The summed E-state index contributed by atoms with van der Waals surface area (Å²) >= 11 is 7.23. The molecule has 2 N–H and O–H groups in total. The Labute approximate surface area is 662 Å². The van der Waals surface area contributed by atoms with Gasteiger partial charge in [-0.3, -0.25) is 14.6 Å². The van der Waals surface area contributed by atoms with E-state index >= 15 is 0 Å². The number of aliphatic hydroxyl groups is 2. The minimum atomic E-state index is -0.125. The van der Waals surface area contributed by atoms with Crippen molar-refractivity contribution in [3.05, 3.63) is 326 Å². The van der Waals surface area contributed by atoms with Crippen LogP contribution in [-0.2, 0) is 110 Å². The second kappa shape index (κ2) is 51.7. The summed E-state index contributed by atoms with van der Waals surface area (Å²) in [5.41, 5.74) is 11.6. The van der Waals surface area contributed by atoms with E-state index in [9.17, 15) is 9.59 Å². The number of pyridine rings is 4. The predicted octanol–water partition coefficient (Wildman–Crippen LogP) is 18.1. The predicted molar refractivity (Wildman–Crippen MR) is 382 cm³/mol.